The molecule has 51 heavy (non-hydrogen) atoms. The molecule has 0 heterocycles. The quantitative estimate of drug-likeness (QED) is 0.220. The predicted molar refractivity (Wildman–Crippen MR) is 220 cm³/mol. The van der Waals surface area contributed by atoms with Gasteiger partial charge in [-0.3, -0.25) is 9.59 Å². The number of Topliss-reactive ketones (excluding diaryl/α,β-unsaturated/α-hetero) is 2. The van der Waals surface area contributed by atoms with Crippen LogP contribution in [0.4, 0.5) is 0 Å². The number of carbonyl (C=O) groups is 2. The van der Waals surface area contributed by atoms with Crippen molar-refractivity contribution in [2.75, 3.05) is 5.33 Å². The summed E-state index contributed by atoms with van der Waals surface area (Å²) in [5.41, 5.74) is -0.277. The van der Waals surface area contributed by atoms with Crippen LogP contribution in [0.25, 0.3) is 0 Å². The number of thiocarbonyl (C=S) groups is 1. The van der Waals surface area contributed by atoms with Crippen LogP contribution in [0.2, 0.25) is 0 Å². The lowest BCUT2D eigenvalue weighted by Gasteiger charge is -2.56. The second-order valence-electron chi connectivity index (χ2n) is 19.9. The molecule has 8 saturated carbocycles. The summed E-state index contributed by atoms with van der Waals surface area (Å²) < 4.78 is 12.0. The minimum Gasteiger partial charge on any atom is -0.390 e. The second kappa shape index (κ2) is 16.5. The fourth-order valence-electron chi connectivity index (χ4n) is 15.5. The second-order valence-corrected chi connectivity index (χ2v) is 20.5. The summed E-state index contributed by atoms with van der Waals surface area (Å²) in [6, 6.07) is 0. The molecule has 294 valence electrons. The number of fused-ring (bicyclic) bond motifs is 10. The largest absolute Gasteiger partial charge is 0.390 e. The third-order valence-electron chi connectivity index (χ3n) is 17.5. The highest BCUT2D eigenvalue weighted by Crippen LogP contribution is 2.66. The van der Waals surface area contributed by atoms with Gasteiger partial charge in [-0.05, 0) is 212 Å². The lowest BCUT2D eigenvalue weighted by Crippen LogP contribution is -2.51. The normalized spacial score (nSPS) is 51.0. The molecule has 6 heteroatoms. The minimum absolute atomic E-state index is 0. The molecule has 0 unspecified atom stereocenters. The Kier molecular flexibility index (Phi) is 13.1. The van der Waals surface area contributed by atoms with Crippen molar-refractivity contribution >= 4 is 45.5 Å². The van der Waals surface area contributed by atoms with Crippen LogP contribution in [0.1, 0.15) is 168 Å². The molecular weight excluding hydrogens is 716 g/mol. The molecule has 0 aromatic carbocycles. The number of hydrogen-bond acceptors (Lipinski definition) is 5. The van der Waals surface area contributed by atoms with E-state index in [4.69, 9.17) is 2.74 Å². The third-order valence-corrected chi connectivity index (χ3v) is 18.0. The summed E-state index contributed by atoms with van der Waals surface area (Å²) in [6.45, 7) is 10.8. The van der Waals surface area contributed by atoms with Crippen molar-refractivity contribution in [3.05, 3.63) is 0 Å². The van der Waals surface area contributed by atoms with Gasteiger partial charge in [0.2, 0.25) is 0 Å². The molecule has 4 nitrogen and oxygen atoms in total. The van der Waals surface area contributed by atoms with Gasteiger partial charge >= 0.3 is 0 Å². The maximum atomic E-state index is 12.5. The number of rotatable bonds is 3. The molecule has 0 aromatic heterocycles. The molecular formula is C45H77BrO4S. The SMILES string of the molecule is C.C.CC(=O)[C@H]1CC[C@H]2[C@@H]3CC[C@@H]4C[C@](C)(O)CC[C@@H]4[C@H]3CC[C@]12C.C[C@@]1(O)CC[C@H]2[C@H](CC[C@@H]3[C@@H]2CC[C@]2(C)[C@@H](C(=O)CBr)CC[C@@H]32)C1.[2H]C([2H])=S. The summed E-state index contributed by atoms with van der Waals surface area (Å²) in [4.78, 5) is 24.6. The Morgan fingerprint density at radius 2 is 1.04 bits per heavy atom. The van der Waals surface area contributed by atoms with E-state index in [-0.39, 0.29) is 20.3 Å². The van der Waals surface area contributed by atoms with Crippen LogP contribution < -0.4 is 0 Å². The molecule has 0 radical (unpaired) electrons. The fourth-order valence-corrected chi connectivity index (χ4v) is 15.8. The van der Waals surface area contributed by atoms with E-state index in [0.29, 0.717) is 34.1 Å². The zero-order chi connectivity index (χ0) is 37.1. The van der Waals surface area contributed by atoms with E-state index in [1.54, 1.807) is 0 Å². The first kappa shape index (κ1) is 40.5. The predicted octanol–water partition coefficient (Wildman–Crippen LogP) is 11.5. The van der Waals surface area contributed by atoms with Gasteiger partial charge < -0.3 is 10.2 Å². The first-order chi connectivity index (χ1) is 23.9. The summed E-state index contributed by atoms with van der Waals surface area (Å²) in [5, 5.41) is 21.5. The van der Waals surface area contributed by atoms with E-state index in [1.165, 1.54) is 77.0 Å². The molecule has 0 aromatic rings. The lowest BCUT2D eigenvalue weighted by atomic mass is 9.49. The Labute approximate surface area is 330 Å². The zero-order valence-corrected chi connectivity index (χ0v) is 33.8. The van der Waals surface area contributed by atoms with Crippen LogP contribution in [-0.2, 0) is 9.59 Å². The van der Waals surface area contributed by atoms with E-state index in [1.807, 2.05) is 20.8 Å². The average molecular weight is 796 g/mol. The fraction of sp³-hybridized carbons (Fsp3) is 0.933. The van der Waals surface area contributed by atoms with Crippen LogP contribution in [0, 0.1) is 81.8 Å². The number of halogens is 1. The number of hydrogen-bond donors (Lipinski definition) is 2. The molecule has 0 aliphatic heterocycles. The Morgan fingerprint density at radius 3 is 1.45 bits per heavy atom. The van der Waals surface area contributed by atoms with Gasteiger partial charge in [0.25, 0.3) is 0 Å². The Balaban J connectivity index is 0.000000208. The number of carbonyl (C=O) groups excluding carboxylic acids is 2. The highest BCUT2D eigenvalue weighted by atomic mass is 79.9. The van der Waals surface area contributed by atoms with Crippen molar-refractivity contribution in [2.45, 2.75) is 176 Å². The maximum absolute atomic E-state index is 12.5. The van der Waals surface area contributed by atoms with Crippen LogP contribution in [0.3, 0.4) is 0 Å². The van der Waals surface area contributed by atoms with E-state index in [9.17, 15) is 19.8 Å². The van der Waals surface area contributed by atoms with E-state index < -0.39 is 17.0 Å². The standard InChI is InChI=1S/C21H33BrO2.C21H34O2.CH2S.2CH4/c1-20(24)9-7-14-13(11-20)3-4-16-15(14)8-10-21(2)17(16)5-6-18(21)19(23)12-22;1-13(22)18-6-7-19-17-5-4-14-12-20(2,23)10-8-15(14)16(17)9-11-21(18,19)3;1-2;;/h13-18,24H,3-12H2,1-2H3;14-19,23H,4-12H2,1-3H3;1H2;2*1H4/t13-,14+,15-,16-,17+,18-,20-,21+;14-,15+,16-,17-,18-,19+,20-,21-;;;/m11.../s1/i;;1D2;;. The van der Waals surface area contributed by atoms with Gasteiger partial charge in [-0.1, -0.05) is 56.8 Å². The Bertz CT molecular complexity index is 1300. The van der Waals surface area contributed by atoms with Gasteiger partial charge in [-0.2, -0.15) is 0 Å². The minimum atomic E-state index is -0.500. The smallest absolute Gasteiger partial charge is 0.147 e. The number of alkyl halides is 1. The molecule has 2 N–H and O–H groups in total. The summed E-state index contributed by atoms with van der Waals surface area (Å²) >= 11 is 7.29. The van der Waals surface area contributed by atoms with Crippen LogP contribution in [0.5, 0.6) is 0 Å². The third kappa shape index (κ3) is 7.94. The molecule has 16 atom stereocenters. The van der Waals surface area contributed by atoms with Gasteiger partial charge in [0.05, 0.1) is 19.3 Å². The van der Waals surface area contributed by atoms with Crippen LogP contribution >= 0.6 is 28.1 Å². The van der Waals surface area contributed by atoms with Crippen molar-refractivity contribution in [3.8, 4) is 0 Å². The van der Waals surface area contributed by atoms with Crippen molar-refractivity contribution in [1.29, 1.82) is 0 Å². The van der Waals surface area contributed by atoms with Gasteiger partial charge in [0, 0.05) is 11.8 Å². The molecule has 0 saturated heterocycles. The highest BCUT2D eigenvalue weighted by Gasteiger charge is 2.60. The highest BCUT2D eigenvalue weighted by molar-refractivity contribution is 9.09. The van der Waals surface area contributed by atoms with Crippen molar-refractivity contribution in [2.24, 2.45) is 81.8 Å². The summed E-state index contributed by atoms with van der Waals surface area (Å²) in [7, 11) is 0. The van der Waals surface area contributed by atoms with Crippen molar-refractivity contribution < 1.29 is 22.5 Å². The summed E-state index contributed by atoms with van der Waals surface area (Å²) in [5.74, 6) is 9.26. The molecule has 0 spiro atoms. The van der Waals surface area contributed by atoms with Gasteiger partial charge in [-0.15, -0.1) is 0 Å². The van der Waals surface area contributed by atoms with Crippen molar-refractivity contribution in [1.82, 2.24) is 0 Å². The molecule has 8 aliphatic carbocycles. The summed E-state index contributed by atoms with van der Waals surface area (Å²) in [6.07, 6.45) is 21.8. The molecule has 0 amide bonds. The van der Waals surface area contributed by atoms with Gasteiger partial charge in [0.15, 0.2) is 0 Å². The molecule has 8 rings (SSSR count). The zero-order valence-electron chi connectivity index (χ0n) is 33.4. The lowest BCUT2D eigenvalue weighted by molar-refractivity contribution is -0.130. The first-order valence-electron chi connectivity index (χ1n) is 21.4. The van der Waals surface area contributed by atoms with Gasteiger partial charge in [-0.25, -0.2) is 0 Å². The molecule has 8 fully saturated rings. The van der Waals surface area contributed by atoms with E-state index >= 15 is 0 Å². The van der Waals surface area contributed by atoms with Crippen LogP contribution in [-0.4, -0.2) is 44.1 Å². The maximum Gasteiger partial charge on any atom is 0.147 e. The van der Waals surface area contributed by atoms with E-state index in [2.05, 4.69) is 42.0 Å². The Hall–Kier alpha value is -0.170. The van der Waals surface area contributed by atoms with Gasteiger partial charge in [0.1, 0.15) is 11.6 Å². The average Bonchev–Trinajstić information content (AvgIpc) is 3.60. The molecule has 8 aliphatic rings. The Morgan fingerprint density at radius 1 is 0.647 bits per heavy atom. The molecule has 0 bridgehead atoms. The number of ketones is 2. The topological polar surface area (TPSA) is 74.6 Å². The van der Waals surface area contributed by atoms with Crippen LogP contribution in [0.15, 0.2) is 0 Å². The van der Waals surface area contributed by atoms with Crippen molar-refractivity contribution in [3.63, 3.8) is 0 Å². The van der Waals surface area contributed by atoms with E-state index in [0.717, 1.165) is 97.7 Å². The number of aliphatic hydroxyl groups is 2. The first-order valence-corrected chi connectivity index (χ1v) is 21.9. The monoisotopic (exact) mass is 794 g/mol.